The quantitative estimate of drug-likeness (QED) is 0.621. The molecule has 0 amide bonds. The van der Waals surface area contributed by atoms with Crippen molar-refractivity contribution in [2.75, 3.05) is 13.1 Å². The van der Waals surface area contributed by atoms with Gasteiger partial charge in [-0.15, -0.1) is 0 Å². The van der Waals surface area contributed by atoms with Gasteiger partial charge in [-0.05, 0) is 56.0 Å². The van der Waals surface area contributed by atoms with Gasteiger partial charge in [0.1, 0.15) is 0 Å². The normalized spacial score (nSPS) is 16.8. The van der Waals surface area contributed by atoms with E-state index < -0.39 is 0 Å². The average Bonchev–Trinajstić information content (AvgIpc) is 2.33. The molecule has 0 spiro atoms. The summed E-state index contributed by atoms with van der Waals surface area (Å²) in [5, 5.41) is 3.37. The van der Waals surface area contributed by atoms with E-state index in [0.717, 1.165) is 25.4 Å². The van der Waals surface area contributed by atoms with Crippen LogP contribution in [0.3, 0.4) is 0 Å². The number of rotatable bonds is 3. The minimum absolute atomic E-state index is 0.684. The molecule has 0 aromatic heterocycles. The molecule has 1 aliphatic heterocycles. The van der Waals surface area contributed by atoms with Crippen molar-refractivity contribution in [1.29, 1.82) is 0 Å². The summed E-state index contributed by atoms with van der Waals surface area (Å²) >= 11 is 0. The van der Waals surface area contributed by atoms with E-state index in [0.29, 0.717) is 5.69 Å². The van der Waals surface area contributed by atoms with Crippen LogP contribution in [0.2, 0.25) is 0 Å². The van der Waals surface area contributed by atoms with Gasteiger partial charge < -0.3 is 5.32 Å². The summed E-state index contributed by atoms with van der Waals surface area (Å²) in [7, 11) is 0. The van der Waals surface area contributed by atoms with Crippen LogP contribution in [0.15, 0.2) is 29.3 Å². The summed E-state index contributed by atoms with van der Waals surface area (Å²) in [6, 6.07) is 7.86. The maximum Gasteiger partial charge on any atom is 0.240 e. The zero-order valence-corrected chi connectivity index (χ0v) is 9.28. The SMILES string of the molecule is O=C=Nc1ccc(CC2CCNCC2)cc1. The fourth-order valence-corrected chi connectivity index (χ4v) is 2.18. The van der Waals surface area contributed by atoms with Gasteiger partial charge in [-0.2, -0.15) is 4.99 Å². The Hall–Kier alpha value is -1.44. The Morgan fingerprint density at radius 2 is 1.94 bits per heavy atom. The van der Waals surface area contributed by atoms with Crippen LogP contribution in [-0.4, -0.2) is 19.2 Å². The largest absolute Gasteiger partial charge is 0.317 e. The molecule has 1 heterocycles. The zero-order chi connectivity index (χ0) is 11.2. The van der Waals surface area contributed by atoms with Gasteiger partial charge in [0.05, 0.1) is 5.69 Å². The van der Waals surface area contributed by atoms with Gasteiger partial charge in [-0.3, -0.25) is 0 Å². The van der Waals surface area contributed by atoms with Crippen LogP contribution >= 0.6 is 0 Å². The highest BCUT2D eigenvalue weighted by Gasteiger charge is 2.13. The van der Waals surface area contributed by atoms with E-state index in [1.54, 1.807) is 6.08 Å². The summed E-state index contributed by atoms with van der Waals surface area (Å²) in [5.41, 5.74) is 2.01. The van der Waals surface area contributed by atoms with Crippen molar-refractivity contribution in [3.63, 3.8) is 0 Å². The van der Waals surface area contributed by atoms with E-state index in [1.165, 1.54) is 18.4 Å². The fraction of sp³-hybridized carbons (Fsp3) is 0.462. The number of hydrogen-bond acceptors (Lipinski definition) is 3. The number of isocyanates is 1. The first-order valence-corrected chi connectivity index (χ1v) is 5.76. The highest BCUT2D eigenvalue weighted by atomic mass is 16.1. The average molecular weight is 216 g/mol. The van der Waals surface area contributed by atoms with Gasteiger partial charge in [-0.25, -0.2) is 4.79 Å². The van der Waals surface area contributed by atoms with Crippen molar-refractivity contribution in [3.05, 3.63) is 29.8 Å². The highest BCUT2D eigenvalue weighted by Crippen LogP contribution is 2.20. The fourth-order valence-electron chi connectivity index (χ4n) is 2.18. The molecule has 1 aromatic carbocycles. The van der Waals surface area contributed by atoms with E-state index in [4.69, 9.17) is 0 Å². The van der Waals surface area contributed by atoms with Crippen LogP contribution in [0.25, 0.3) is 0 Å². The van der Waals surface area contributed by atoms with Crippen LogP contribution < -0.4 is 5.32 Å². The minimum atomic E-state index is 0.684. The topological polar surface area (TPSA) is 41.5 Å². The molecular weight excluding hydrogens is 200 g/mol. The second kappa shape index (κ2) is 5.59. The van der Waals surface area contributed by atoms with Crippen molar-refractivity contribution in [2.24, 2.45) is 10.9 Å². The number of benzene rings is 1. The molecule has 2 rings (SSSR count). The first-order chi connectivity index (χ1) is 7.88. The highest BCUT2D eigenvalue weighted by molar-refractivity contribution is 5.49. The molecule has 1 N–H and O–H groups in total. The molecule has 0 unspecified atom stereocenters. The molecule has 0 saturated carbocycles. The lowest BCUT2D eigenvalue weighted by atomic mass is 9.91. The molecule has 1 aliphatic rings. The molecule has 0 bridgehead atoms. The minimum Gasteiger partial charge on any atom is -0.317 e. The second-order valence-electron chi connectivity index (χ2n) is 4.27. The van der Waals surface area contributed by atoms with Crippen LogP contribution in [0.5, 0.6) is 0 Å². The monoisotopic (exact) mass is 216 g/mol. The van der Waals surface area contributed by atoms with Crippen molar-refractivity contribution in [3.8, 4) is 0 Å². The number of nitrogens with zero attached hydrogens (tertiary/aromatic N) is 1. The van der Waals surface area contributed by atoms with Gasteiger partial charge in [0, 0.05) is 0 Å². The van der Waals surface area contributed by atoms with Gasteiger partial charge in [0.15, 0.2) is 0 Å². The molecule has 1 fully saturated rings. The van der Waals surface area contributed by atoms with Crippen molar-refractivity contribution in [1.82, 2.24) is 5.32 Å². The lowest BCUT2D eigenvalue weighted by Crippen LogP contribution is -2.28. The predicted octanol–water partition coefficient (Wildman–Crippen LogP) is 2.20. The Morgan fingerprint density at radius 3 is 2.56 bits per heavy atom. The van der Waals surface area contributed by atoms with Crippen LogP contribution in [0.4, 0.5) is 5.69 Å². The van der Waals surface area contributed by atoms with Crippen molar-refractivity contribution in [2.45, 2.75) is 19.3 Å². The van der Waals surface area contributed by atoms with Gasteiger partial charge in [-0.1, -0.05) is 12.1 Å². The maximum absolute atomic E-state index is 10.1. The van der Waals surface area contributed by atoms with Crippen LogP contribution in [0.1, 0.15) is 18.4 Å². The molecule has 84 valence electrons. The summed E-state index contributed by atoms with van der Waals surface area (Å²) in [6.45, 7) is 2.27. The molecule has 16 heavy (non-hydrogen) atoms. The van der Waals surface area contributed by atoms with Crippen molar-refractivity contribution < 1.29 is 4.79 Å². The molecule has 3 nitrogen and oxygen atoms in total. The molecule has 0 atom stereocenters. The second-order valence-corrected chi connectivity index (χ2v) is 4.27. The van der Waals surface area contributed by atoms with E-state index in [9.17, 15) is 4.79 Å². The lowest BCUT2D eigenvalue weighted by molar-refractivity contribution is 0.372. The molecule has 1 aromatic rings. The predicted molar refractivity (Wildman–Crippen MR) is 63.5 cm³/mol. The van der Waals surface area contributed by atoms with E-state index in [2.05, 4.69) is 22.4 Å². The van der Waals surface area contributed by atoms with Crippen LogP contribution in [0, 0.1) is 5.92 Å². The Morgan fingerprint density at radius 1 is 1.25 bits per heavy atom. The number of nitrogens with one attached hydrogen (secondary N) is 1. The first kappa shape index (κ1) is 11.1. The molecule has 0 radical (unpaired) electrons. The summed E-state index contributed by atoms with van der Waals surface area (Å²) in [6.07, 6.45) is 5.20. The third kappa shape index (κ3) is 3.02. The zero-order valence-electron chi connectivity index (χ0n) is 9.28. The number of hydrogen-bond donors (Lipinski definition) is 1. The summed E-state index contributed by atoms with van der Waals surface area (Å²) < 4.78 is 0. The Bertz CT molecular complexity index is 373. The molecule has 0 aliphatic carbocycles. The summed E-state index contributed by atoms with van der Waals surface area (Å²) in [4.78, 5) is 13.7. The van der Waals surface area contributed by atoms with Gasteiger partial charge in [0.2, 0.25) is 6.08 Å². The molecule has 3 heteroatoms. The Balaban J connectivity index is 1.96. The van der Waals surface area contributed by atoms with Gasteiger partial charge >= 0.3 is 0 Å². The standard InChI is InChI=1S/C13H16N2O/c16-10-15-13-3-1-11(2-4-13)9-12-5-7-14-8-6-12/h1-4,12,14H,5-9H2. The third-order valence-electron chi connectivity index (χ3n) is 3.09. The maximum atomic E-state index is 10.1. The van der Waals surface area contributed by atoms with E-state index >= 15 is 0 Å². The first-order valence-electron chi connectivity index (χ1n) is 5.76. The number of carbonyl (C=O) groups excluding carboxylic acids is 1. The Labute approximate surface area is 95.6 Å². The van der Waals surface area contributed by atoms with Gasteiger partial charge in [0.25, 0.3) is 0 Å². The van der Waals surface area contributed by atoms with E-state index in [1.807, 2.05) is 12.1 Å². The lowest BCUT2D eigenvalue weighted by Gasteiger charge is -2.22. The van der Waals surface area contributed by atoms with Crippen molar-refractivity contribution >= 4 is 11.8 Å². The van der Waals surface area contributed by atoms with Crippen LogP contribution in [-0.2, 0) is 11.2 Å². The third-order valence-corrected chi connectivity index (χ3v) is 3.09. The smallest absolute Gasteiger partial charge is 0.240 e. The molecular formula is C13H16N2O. The number of piperidine rings is 1. The summed E-state index contributed by atoms with van der Waals surface area (Å²) in [5.74, 6) is 0.793. The Kier molecular flexibility index (Phi) is 3.86. The van der Waals surface area contributed by atoms with E-state index in [-0.39, 0.29) is 0 Å². The molecule has 1 saturated heterocycles. The number of aliphatic imine (C=N–C) groups is 1.